The molecule has 5 heteroatoms. The molecule has 19 heavy (non-hydrogen) atoms. The number of rotatable bonds is 3. The van der Waals surface area contributed by atoms with Gasteiger partial charge in [0.2, 0.25) is 5.91 Å². The van der Waals surface area contributed by atoms with Crippen molar-refractivity contribution in [3.05, 3.63) is 29.8 Å². The molecule has 0 saturated carbocycles. The van der Waals surface area contributed by atoms with E-state index < -0.39 is 0 Å². The number of carbonyl (C=O) groups excluding carboxylic acids is 2. The van der Waals surface area contributed by atoms with Crippen molar-refractivity contribution in [1.82, 2.24) is 10.2 Å². The van der Waals surface area contributed by atoms with Gasteiger partial charge >= 0.3 is 0 Å². The first-order valence-electron chi connectivity index (χ1n) is 6.52. The van der Waals surface area contributed by atoms with Gasteiger partial charge in [0.05, 0.1) is 12.1 Å². The van der Waals surface area contributed by atoms with E-state index in [2.05, 4.69) is 17.9 Å². The predicted molar refractivity (Wildman–Crippen MR) is 76.5 cm³/mol. The van der Waals surface area contributed by atoms with Gasteiger partial charge in [-0.1, -0.05) is 12.1 Å². The third-order valence-corrected chi connectivity index (χ3v) is 3.65. The summed E-state index contributed by atoms with van der Waals surface area (Å²) in [4.78, 5) is 26.3. The van der Waals surface area contributed by atoms with Gasteiger partial charge in [-0.3, -0.25) is 9.59 Å². The summed E-state index contributed by atoms with van der Waals surface area (Å²) in [6.45, 7) is 1.66. The number of likely N-dealkylation sites (tertiary alicyclic amines) is 1. The zero-order chi connectivity index (χ0) is 13.7. The molecule has 1 aromatic carbocycles. The van der Waals surface area contributed by atoms with Crippen LogP contribution < -0.4 is 5.32 Å². The highest BCUT2D eigenvalue weighted by Crippen LogP contribution is 2.12. The Morgan fingerprint density at radius 1 is 1.16 bits per heavy atom. The molecule has 0 bridgehead atoms. The van der Waals surface area contributed by atoms with Gasteiger partial charge in [-0.15, -0.1) is 12.6 Å². The van der Waals surface area contributed by atoms with E-state index in [1.165, 1.54) is 6.42 Å². The monoisotopic (exact) mass is 278 g/mol. The van der Waals surface area contributed by atoms with Crippen LogP contribution >= 0.6 is 12.6 Å². The molecule has 1 saturated heterocycles. The number of amides is 2. The molecule has 4 nitrogen and oxygen atoms in total. The van der Waals surface area contributed by atoms with Crippen LogP contribution in [-0.2, 0) is 4.79 Å². The maximum absolute atomic E-state index is 11.9. The molecule has 0 aromatic heterocycles. The zero-order valence-electron chi connectivity index (χ0n) is 10.8. The molecule has 0 radical (unpaired) electrons. The fourth-order valence-corrected chi connectivity index (χ4v) is 2.43. The summed E-state index contributed by atoms with van der Waals surface area (Å²) in [5.74, 6) is -0.263. The van der Waals surface area contributed by atoms with Crippen LogP contribution in [0, 0.1) is 0 Å². The topological polar surface area (TPSA) is 49.4 Å². The lowest BCUT2D eigenvalue weighted by molar-refractivity contribution is -0.130. The predicted octanol–water partition coefficient (Wildman–Crippen LogP) is 1.72. The third kappa shape index (κ3) is 3.73. The molecule has 2 amide bonds. The van der Waals surface area contributed by atoms with Crippen molar-refractivity contribution < 1.29 is 9.59 Å². The highest BCUT2D eigenvalue weighted by atomic mass is 32.1. The Bertz CT molecular complexity index is 470. The van der Waals surface area contributed by atoms with Crippen LogP contribution in [0.3, 0.4) is 0 Å². The second-order valence-corrected chi connectivity index (χ2v) is 5.12. The number of hydrogen-bond acceptors (Lipinski definition) is 3. The van der Waals surface area contributed by atoms with Crippen LogP contribution in [0.25, 0.3) is 0 Å². The molecule has 2 rings (SSSR count). The average Bonchev–Trinajstić information content (AvgIpc) is 2.46. The molecular formula is C14H18N2O2S. The van der Waals surface area contributed by atoms with Crippen molar-refractivity contribution in [3.8, 4) is 0 Å². The molecule has 1 fully saturated rings. The summed E-state index contributed by atoms with van der Waals surface area (Å²) in [5.41, 5.74) is 0.497. The first-order valence-corrected chi connectivity index (χ1v) is 6.97. The average molecular weight is 278 g/mol. The molecular weight excluding hydrogens is 260 g/mol. The van der Waals surface area contributed by atoms with Gasteiger partial charge in [0, 0.05) is 18.0 Å². The highest BCUT2D eigenvalue weighted by Gasteiger charge is 2.17. The van der Waals surface area contributed by atoms with E-state index in [4.69, 9.17) is 0 Å². The number of thiol groups is 1. The molecule has 1 aliphatic heterocycles. The van der Waals surface area contributed by atoms with E-state index in [0.29, 0.717) is 10.5 Å². The van der Waals surface area contributed by atoms with Gasteiger partial charge in [-0.2, -0.15) is 0 Å². The summed E-state index contributed by atoms with van der Waals surface area (Å²) >= 11 is 4.23. The smallest absolute Gasteiger partial charge is 0.252 e. The summed E-state index contributed by atoms with van der Waals surface area (Å²) in [6.07, 6.45) is 3.29. The fourth-order valence-electron chi connectivity index (χ4n) is 2.17. The summed E-state index contributed by atoms with van der Waals surface area (Å²) in [7, 11) is 0. The lowest BCUT2D eigenvalue weighted by Gasteiger charge is -2.26. The SMILES string of the molecule is O=C(NCC(=O)N1CCCCC1)c1ccccc1S. The van der Waals surface area contributed by atoms with E-state index in [-0.39, 0.29) is 18.4 Å². The molecule has 0 unspecified atom stereocenters. The summed E-state index contributed by atoms with van der Waals surface area (Å²) < 4.78 is 0. The summed E-state index contributed by atoms with van der Waals surface area (Å²) in [5, 5.41) is 2.66. The fraction of sp³-hybridized carbons (Fsp3) is 0.429. The second kappa shape index (κ2) is 6.61. The highest BCUT2D eigenvalue weighted by molar-refractivity contribution is 7.80. The molecule has 1 aliphatic rings. The summed E-state index contributed by atoms with van der Waals surface area (Å²) in [6, 6.07) is 7.05. The van der Waals surface area contributed by atoms with Crippen molar-refractivity contribution >= 4 is 24.4 Å². The minimum atomic E-state index is -0.254. The maximum atomic E-state index is 11.9. The molecule has 0 atom stereocenters. The molecule has 102 valence electrons. The minimum absolute atomic E-state index is 0.00954. The van der Waals surface area contributed by atoms with Crippen LogP contribution in [0.5, 0.6) is 0 Å². The standard InChI is InChI=1S/C14H18N2O2S/c17-13(16-8-4-1-5-9-16)10-15-14(18)11-6-2-3-7-12(11)19/h2-3,6-7,19H,1,4-5,8-10H2,(H,15,18). The minimum Gasteiger partial charge on any atom is -0.343 e. The Morgan fingerprint density at radius 2 is 1.84 bits per heavy atom. The van der Waals surface area contributed by atoms with Gasteiger partial charge in [-0.05, 0) is 31.4 Å². The van der Waals surface area contributed by atoms with Crippen LogP contribution in [0.2, 0.25) is 0 Å². The Balaban J connectivity index is 1.86. The van der Waals surface area contributed by atoms with Crippen molar-refractivity contribution in [2.45, 2.75) is 24.2 Å². The quantitative estimate of drug-likeness (QED) is 0.827. The van der Waals surface area contributed by atoms with E-state index in [0.717, 1.165) is 25.9 Å². The largest absolute Gasteiger partial charge is 0.343 e. The molecule has 1 heterocycles. The lowest BCUT2D eigenvalue weighted by Crippen LogP contribution is -2.42. The normalized spacial score (nSPS) is 15.1. The number of hydrogen-bond donors (Lipinski definition) is 2. The van der Waals surface area contributed by atoms with E-state index >= 15 is 0 Å². The van der Waals surface area contributed by atoms with Crippen LogP contribution in [-0.4, -0.2) is 36.3 Å². The van der Waals surface area contributed by atoms with Crippen molar-refractivity contribution in [2.75, 3.05) is 19.6 Å². The molecule has 1 N–H and O–H groups in total. The Labute approximate surface area is 118 Å². The Hall–Kier alpha value is -1.49. The number of benzene rings is 1. The first-order chi connectivity index (χ1) is 9.18. The van der Waals surface area contributed by atoms with Crippen LogP contribution in [0.1, 0.15) is 29.6 Å². The second-order valence-electron chi connectivity index (χ2n) is 4.64. The van der Waals surface area contributed by atoms with E-state index in [1.807, 2.05) is 11.0 Å². The molecule has 0 spiro atoms. The van der Waals surface area contributed by atoms with Gasteiger partial charge < -0.3 is 10.2 Å². The van der Waals surface area contributed by atoms with Crippen LogP contribution in [0.15, 0.2) is 29.2 Å². The van der Waals surface area contributed by atoms with E-state index in [1.54, 1.807) is 18.2 Å². The number of piperidine rings is 1. The van der Waals surface area contributed by atoms with Gasteiger partial charge in [0.1, 0.15) is 0 Å². The Kier molecular flexibility index (Phi) is 4.85. The molecule has 0 aliphatic carbocycles. The van der Waals surface area contributed by atoms with Gasteiger partial charge in [-0.25, -0.2) is 0 Å². The first kappa shape index (κ1) is 13.9. The molecule has 1 aromatic rings. The Morgan fingerprint density at radius 3 is 2.53 bits per heavy atom. The van der Waals surface area contributed by atoms with Crippen LogP contribution in [0.4, 0.5) is 0 Å². The van der Waals surface area contributed by atoms with Crippen molar-refractivity contribution in [3.63, 3.8) is 0 Å². The lowest BCUT2D eigenvalue weighted by atomic mass is 10.1. The van der Waals surface area contributed by atoms with Crippen molar-refractivity contribution in [1.29, 1.82) is 0 Å². The maximum Gasteiger partial charge on any atom is 0.252 e. The number of nitrogens with zero attached hydrogens (tertiary/aromatic N) is 1. The number of carbonyl (C=O) groups is 2. The number of nitrogens with one attached hydrogen (secondary N) is 1. The van der Waals surface area contributed by atoms with Crippen molar-refractivity contribution in [2.24, 2.45) is 0 Å². The zero-order valence-corrected chi connectivity index (χ0v) is 11.7. The van der Waals surface area contributed by atoms with Gasteiger partial charge in [0.25, 0.3) is 5.91 Å². The van der Waals surface area contributed by atoms with Gasteiger partial charge in [0.15, 0.2) is 0 Å². The third-order valence-electron chi connectivity index (χ3n) is 3.26. The van der Waals surface area contributed by atoms with E-state index in [9.17, 15) is 9.59 Å².